The third kappa shape index (κ3) is 3.61. The van der Waals surface area contributed by atoms with Gasteiger partial charge in [0.1, 0.15) is 0 Å². The fourth-order valence-electron chi connectivity index (χ4n) is 2.24. The molecule has 0 bridgehead atoms. The van der Waals surface area contributed by atoms with Crippen LogP contribution in [-0.2, 0) is 0 Å². The van der Waals surface area contributed by atoms with E-state index in [9.17, 15) is 4.79 Å². The Hall–Kier alpha value is -1.26. The summed E-state index contributed by atoms with van der Waals surface area (Å²) < 4.78 is 0. The highest BCUT2D eigenvalue weighted by Gasteiger charge is 2.21. The molecule has 0 saturated carbocycles. The van der Waals surface area contributed by atoms with E-state index in [1.54, 1.807) is 6.07 Å². The highest BCUT2D eigenvalue weighted by Crippen LogP contribution is 2.21. The topological polar surface area (TPSA) is 58.4 Å². The number of benzene rings is 1. The number of carbonyl (C=O) groups excluding carboxylic acids is 1. The van der Waals surface area contributed by atoms with E-state index in [2.05, 4.69) is 5.32 Å². The second-order valence-corrected chi connectivity index (χ2v) is 5.47. The van der Waals surface area contributed by atoms with Crippen molar-refractivity contribution in [1.82, 2.24) is 4.90 Å². The molecule has 0 aliphatic carbocycles. The summed E-state index contributed by atoms with van der Waals surface area (Å²) in [6.45, 7) is 4.19. The van der Waals surface area contributed by atoms with E-state index in [0.29, 0.717) is 17.5 Å². The summed E-state index contributed by atoms with van der Waals surface area (Å²) >= 11 is 6.04. The summed E-state index contributed by atoms with van der Waals surface area (Å²) in [5.41, 5.74) is 7.39. The molecule has 104 valence electrons. The van der Waals surface area contributed by atoms with Gasteiger partial charge in [-0.15, -0.1) is 0 Å². The van der Waals surface area contributed by atoms with Crippen molar-refractivity contribution in [3.63, 3.8) is 0 Å². The summed E-state index contributed by atoms with van der Waals surface area (Å²) in [4.78, 5) is 13.9. The highest BCUT2D eigenvalue weighted by molar-refractivity contribution is 6.31. The molecule has 1 aliphatic heterocycles. The third-order valence-electron chi connectivity index (χ3n) is 3.66. The maximum Gasteiger partial charge on any atom is 0.321 e. The van der Waals surface area contributed by atoms with Crippen LogP contribution in [0.5, 0.6) is 0 Å². The van der Waals surface area contributed by atoms with Gasteiger partial charge in [0.15, 0.2) is 0 Å². The number of urea groups is 1. The van der Waals surface area contributed by atoms with Crippen molar-refractivity contribution in [2.45, 2.75) is 19.8 Å². The van der Waals surface area contributed by atoms with Gasteiger partial charge >= 0.3 is 6.03 Å². The standard InChI is InChI=1S/C14H20ClN3O/c1-10-2-3-12(8-13(10)15)17-14(19)18-6-4-11(9-16)5-7-18/h2-3,8,11H,4-7,9,16H2,1H3,(H,17,19). The minimum Gasteiger partial charge on any atom is -0.330 e. The van der Waals surface area contributed by atoms with Crippen molar-refractivity contribution in [2.75, 3.05) is 25.0 Å². The zero-order valence-electron chi connectivity index (χ0n) is 11.2. The van der Waals surface area contributed by atoms with Crippen molar-refractivity contribution in [1.29, 1.82) is 0 Å². The predicted molar refractivity (Wildman–Crippen MR) is 78.6 cm³/mol. The summed E-state index contributed by atoms with van der Waals surface area (Å²) in [6, 6.07) is 5.49. The predicted octanol–water partition coefficient (Wildman–Crippen LogP) is 2.85. The van der Waals surface area contributed by atoms with Gasteiger partial charge in [0.2, 0.25) is 0 Å². The van der Waals surface area contributed by atoms with Crippen LogP contribution in [-0.4, -0.2) is 30.6 Å². The number of hydrogen-bond donors (Lipinski definition) is 2. The van der Waals surface area contributed by atoms with Crippen LogP contribution in [0.25, 0.3) is 0 Å². The normalized spacial score (nSPS) is 16.5. The lowest BCUT2D eigenvalue weighted by Gasteiger charge is -2.31. The van der Waals surface area contributed by atoms with E-state index in [1.165, 1.54) is 0 Å². The summed E-state index contributed by atoms with van der Waals surface area (Å²) in [5, 5.41) is 3.55. The van der Waals surface area contributed by atoms with Crippen LogP contribution in [0.1, 0.15) is 18.4 Å². The van der Waals surface area contributed by atoms with Crippen LogP contribution in [0.15, 0.2) is 18.2 Å². The number of nitrogens with one attached hydrogen (secondary N) is 1. The van der Waals surface area contributed by atoms with E-state index >= 15 is 0 Å². The van der Waals surface area contributed by atoms with Crippen LogP contribution in [0.4, 0.5) is 10.5 Å². The Morgan fingerprint density at radius 1 is 1.47 bits per heavy atom. The average Bonchev–Trinajstić information content (AvgIpc) is 2.43. The monoisotopic (exact) mass is 281 g/mol. The first-order valence-corrected chi connectivity index (χ1v) is 7.00. The van der Waals surface area contributed by atoms with E-state index in [0.717, 1.165) is 37.2 Å². The molecule has 19 heavy (non-hydrogen) atoms. The average molecular weight is 282 g/mol. The SMILES string of the molecule is Cc1ccc(NC(=O)N2CCC(CN)CC2)cc1Cl. The first-order valence-electron chi connectivity index (χ1n) is 6.62. The molecule has 2 rings (SSSR count). The number of anilines is 1. The molecule has 1 fully saturated rings. The number of hydrogen-bond acceptors (Lipinski definition) is 2. The molecule has 4 nitrogen and oxygen atoms in total. The van der Waals surface area contributed by atoms with Gasteiger partial charge in [-0.25, -0.2) is 4.79 Å². The second-order valence-electron chi connectivity index (χ2n) is 5.06. The van der Waals surface area contributed by atoms with Gasteiger partial charge in [-0.1, -0.05) is 17.7 Å². The Balaban J connectivity index is 1.92. The largest absolute Gasteiger partial charge is 0.330 e. The molecule has 2 amide bonds. The van der Waals surface area contributed by atoms with Crippen LogP contribution < -0.4 is 11.1 Å². The van der Waals surface area contributed by atoms with Crippen LogP contribution in [0.2, 0.25) is 5.02 Å². The number of carbonyl (C=O) groups is 1. The Morgan fingerprint density at radius 2 is 2.16 bits per heavy atom. The molecule has 0 unspecified atom stereocenters. The number of rotatable bonds is 2. The lowest BCUT2D eigenvalue weighted by atomic mass is 9.97. The molecule has 1 aliphatic rings. The molecule has 0 atom stereocenters. The third-order valence-corrected chi connectivity index (χ3v) is 4.07. The van der Waals surface area contributed by atoms with Gasteiger partial charge in [0, 0.05) is 23.8 Å². The first kappa shape index (κ1) is 14.2. The molecule has 1 aromatic carbocycles. The summed E-state index contributed by atoms with van der Waals surface area (Å²) in [5.74, 6) is 0.554. The molecule has 0 radical (unpaired) electrons. The van der Waals surface area contributed by atoms with E-state index < -0.39 is 0 Å². The van der Waals surface area contributed by atoms with Gasteiger partial charge in [-0.3, -0.25) is 0 Å². The zero-order chi connectivity index (χ0) is 13.8. The summed E-state index contributed by atoms with van der Waals surface area (Å²) in [7, 11) is 0. The number of nitrogens with zero attached hydrogens (tertiary/aromatic N) is 1. The molecule has 3 N–H and O–H groups in total. The number of nitrogens with two attached hydrogens (primary N) is 1. The van der Waals surface area contributed by atoms with Gasteiger partial charge in [0.05, 0.1) is 0 Å². The van der Waals surface area contributed by atoms with E-state index in [1.807, 2.05) is 24.0 Å². The zero-order valence-corrected chi connectivity index (χ0v) is 11.9. The first-order chi connectivity index (χ1) is 9.10. The fourth-order valence-corrected chi connectivity index (χ4v) is 2.43. The van der Waals surface area contributed by atoms with E-state index in [-0.39, 0.29) is 6.03 Å². The Morgan fingerprint density at radius 3 is 2.74 bits per heavy atom. The number of aryl methyl sites for hydroxylation is 1. The highest BCUT2D eigenvalue weighted by atomic mass is 35.5. The lowest BCUT2D eigenvalue weighted by molar-refractivity contribution is 0.184. The molecule has 0 spiro atoms. The Bertz CT molecular complexity index is 456. The van der Waals surface area contributed by atoms with Gasteiger partial charge in [-0.2, -0.15) is 0 Å². The number of likely N-dealkylation sites (tertiary alicyclic amines) is 1. The Kier molecular flexibility index (Phi) is 4.66. The van der Waals surface area contributed by atoms with Crippen molar-refractivity contribution in [3.8, 4) is 0 Å². The quantitative estimate of drug-likeness (QED) is 0.876. The maximum atomic E-state index is 12.1. The molecule has 0 aromatic heterocycles. The van der Waals surface area contributed by atoms with Crippen molar-refractivity contribution >= 4 is 23.3 Å². The number of halogens is 1. The van der Waals surface area contributed by atoms with Crippen molar-refractivity contribution in [2.24, 2.45) is 11.7 Å². The number of piperidine rings is 1. The van der Waals surface area contributed by atoms with Gasteiger partial charge in [-0.05, 0) is 49.9 Å². The van der Waals surface area contributed by atoms with Crippen molar-refractivity contribution < 1.29 is 4.79 Å². The van der Waals surface area contributed by atoms with Gasteiger partial charge in [0.25, 0.3) is 0 Å². The fraction of sp³-hybridized carbons (Fsp3) is 0.500. The second kappa shape index (κ2) is 6.26. The summed E-state index contributed by atoms with van der Waals surface area (Å²) in [6.07, 6.45) is 1.97. The molecule has 5 heteroatoms. The van der Waals surface area contributed by atoms with Crippen LogP contribution in [0, 0.1) is 12.8 Å². The molecule has 1 heterocycles. The maximum absolute atomic E-state index is 12.1. The Labute approximate surface area is 118 Å². The molecule has 1 aromatic rings. The number of amides is 2. The van der Waals surface area contributed by atoms with Crippen LogP contribution in [0.3, 0.4) is 0 Å². The van der Waals surface area contributed by atoms with Crippen LogP contribution >= 0.6 is 11.6 Å². The molecular formula is C14H20ClN3O. The van der Waals surface area contributed by atoms with Crippen molar-refractivity contribution in [3.05, 3.63) is 28.8 Å². The molecular weight excluding hydrogens is 262 g/mol. The minimum atomic E-state index is -0.0598. The van der Waals surface area contributed by atoms with E-state index in [4.69, 9.17) is 17.3 Å². The van der Waals surface area contributed by atoms with Gasteiger partial charge < -0.3 is 16.0 Å². The molecule has 1 saturated heterocycles. The lowest BCUT2D eigenvalue weighted by Crippen LogP contribution is -2.42. The smallest absolute Gasteiger partial charge is 0.321 e. The minimum absolute atomic E-state index is 0.0598.